The van der Waals surface area contributed by atoms with Crippen molar-refractivity contribution in [1.29, 1.82) is 0 Å². The van der Waals surface area contributed by atoms with Gasteiger partial charge in [0.05, 0.1) is 22.1 Å². The molecule has 4 rings (SSSR count). The van der Waals surface area contributed by atoms with Crippen LogP contribution in [0.15, 0.2) is 29.4 Å². The molecule has 1 aliphatic rings. The van der Waals surface area contributed by atoms with Gasteiger partial charge in [-0.05, 0) is 22.4 Å². The van der Waals surface area contributed by atoms with E-state index in [9.17, 15) is 0 Å². The third-order valence-corrected chi connectivity index (χ3v) is 4.23. The molecule has 0 radical (unpaired) electrons. The summed E-state index contributed by atoms with van der Waals surface area (Å²) in [5.74, 6) is 0.960. The summed E-state index contributed by atoms with van der Waals surface area (Å²) in [6, 6.07) is 0.373. The lowest BCUT2D eigenvalue weighted by molar-refractivity contribution is 0.494. The maximum atomic E-state index is 4.46. The lowest BCUT2D eigenvalue weighted by Crippen LogP contribution is -2.22. The molecular formula is C13H14BrN7. The molecule has 108 valence electrons. The lowest BCUT2D eigenvalue weighted by Gasteiger charge is -2.17. The number of hydrogen-bond donors (Lipinski definition) is 0. The summed E-state index contributed by atoms with van der Waals surface area (Å²) in [5, 5.41) is 9.73. The summed E-state index contributed by atoms with van der Waals surface area (Å²) < 4.78 is 4.81. The van der Waals surface area contributed by atoms with Crippen molar-refractivity contribution in [3.05, 3.63) is 29.4 Å². The second-order valence-electron chi connectivity index (χ2n) is 5.26. The number of anilines is 1. The highest BCUT2D eigenvalue weighted by Gasteiger charge is 2.27. The van der Waals surface area contributed by atoms with E-state index in [4.69, 9.17) is 0 Å². The molecule has 1 atom stereocenters. The third kappa shape index (κ3) is 2.19. The van der Waals surface area contributed by atoms with E-state index in [-0.39, 0.29) is 0 Å². The minimum atomic E-state index is 0.373. The fraction of sp³-hybridized carbons (Fsp3) is 0.385. The highest BCUT2D eigenvalue weighted by molar-refractivity contribution is 9.10. The van der Waals surface area contributed by atoms with Crippen molar-refractivity contribution in [1.82, 2.24) is 29.5 Å². The molecule has 1 aliphatic heterocycles. The largest absolute Gasteiger partial charge is 0.354 e. The minimum Gasteiger partial charge on any atom is -0.354 e. The Morgan fingerprint density at radius 1 is 1.29 bits per heavy atom. The van der Waals surface area contributed by atoms with Crippen molar-refractivity contribution in [3.63, 3.8) is 0 Å². The number of nitrogens with zero attached hydrogens (tertiary/aromatic N) is 7. The van der Waals surface area contributed by atoms with Crippen LogP contribution in [0.1, 0.15) is 12.5 Å². The molecule has 0 amide bonds. The lowest BCUT2D eigenvalue weighted by atomic mass is 10.3. The predicted octanol–water partition coefficient (Wildman–Crippen LogP) is 1.77. The molecule has 0 aliphatic carbocycles. The van der Waals surface area contributed by atoms with Gasteiger partial charge < -0.3 is 4.90 Å². The van der Waals surface area contributed by atoms with E-state index in [0.717, 1.165) is 40.8 Å². The van der Waals surface area contributed by atoms with Gasteiger partial charge in [-0.3, -0.25) is 9.36 Å². The maximum Gasteiger partial charge on any atom is 0.186 e. The van der Waals surface area contributed by atoms with Crippen molar-refractivity contribution in [2.75, 3.05) is 18.0 Å². The van der Waals surface area contributed by atoms with E-state index in [1.54, 1.807) is 11.0 Å². The standard InChI is InChI=1S/C13H14BrN7/c1-19-7-11-12(18-19)15-8-16-13(11)20-3-2-10(6-20)21-5-9(14)4-17-21/h4-5,7-8,10H,2-3,6H2,1H3. The number of halogens is 1. The number of aryl methyl sites for hydroxylation is 1. The average molecular weight is 348 g/mol. The molecule has 0 aromatic carbocycles. The molecule has 1 unspecified atom stereocenters. The Balaban J connectivity index is 1.65. The van der Waals surface area contributed by atoms with Gasteiger partial charge in [0, 0.05) is 32.5 Å². The van der Waals surface area contributed by atoms with Crippen LogP contribution in [0.5, 0.6) is 0 Å². The van der Waals surface area contributed by atoms with Crippen molar-refractivity contribution in [2.24, 2.45) is 7.05 Å². The fourth-order valence-electron chi connectivity index (χ4n) is 2.85. The summed E-state index contributed by atoms with van der Waals surface area (Å²) >= 11 is 3.45. The molecule has 0 spiro atoms. The minimum absolute atomic E-state index is 0.373. The molecule has 0 N–H and O–H groups in total. The Morgan fingerprint density at radius 2 is 2.19 bits per heavy atom. The topological polar surface area (TPSA) is 64.7 Å². The molecule has 3 aromatic heterocycles. The van der Waals surface area contributed by atoms with Gasteiger partial charge in [-0.25, -0.2) is 9.97 Å². The Bertz CT molecular complexity index is 793. The molecule has 3 aromatic rings. The molecular weight excluding hydrogens is 334 g/mol. The van der Waals surface area contributed by atoms with Gasteiger partial charge in [0.2, 0.25) is 0 Å². The number of rotatable bonds is 2. The molecule has 1 fully saturated rings. The van der Waals surface area contributed by atoms with Crippen LogP contribution in [0.2, 0.25) is 0 Å². The monoisotopic (exact) mass is 347 g/mol. The first kappa shape index (κ1) is 12.8. The molecule has 0 saturated carbocycles. The van der Waals surface area contributed by atoms with Gasteiger partial charge >= 0.3 is 0 Å². The van der Waals surface area contributed by atoms with Crippen LogP contribution >= 0.6 is 15.9 Å². The Labute approximate surface area is 129 Å². The fourth-order valence-corrected chi connectivity index (χ4v) is 3.16. The molecule has 4 heterocycles. The number of hydrogen-bond acceptors (Lipinski definition) is 5. The zero-order chi connectivity index (χ0) is 14.4. The van der Waals surface area contributed by atoms with Crippen molar-refractivity contribution >= 4 is 32.8 Å². The number of fused-ring (bicyclic) bond motifs is 1. The van der Waals surface area contributed by atoms with Gasteiger partial charge in [-0.1, -0.05) is 0 Å². The van der Waals surface area contributed by atoms with E-state index >= 15 is 0 Å². The molecule has 7 nitrogen and oxygen atoms in total. The van der Waals surface area contributed by atoms with Gasteiger partial charge in [-0.2, -0.15) is 10.2 Å². The van der Waals surface area contributed by atoms with E-state index < -0.39 is 0 Å². The zero-order valence-corrected chi connectivity index (χ0v) is 13.1. The van der Waals surface area contributed by atoms with Gasteiger partial charge in [-0.15, -0.1) is 0 Å². The van der Waals surface area contributed by atoms with Crippen molar-refractivity contribution in [3.8, 4) is 0 Å². The van der Waals surface area contributed by atoms with Crippen LogP contribution in [0.3, 0.4) is 0 Å². The quantitative estimate of drug-likeness (QED) is 0.706. The smallest absolute Gasteiger partial charge is 0.186 e. The van der Waals surface area contributed by atoms with Crippen LogP contribution < -0.4 is 4.90 Å². The highest BCUT2D eigenvalue weighted by Crippen LogP contribution is 2.29. The summed E-state index contributed by atoms with van der Waals surface area (Å²) in [6.45, 7) is 1.86. The third-order valence-electron chi connectivity index (χ3n) is 3.82. The molecule has 21 heavy (non-hydrogen) atoms. The summed E-state index contributed by atoms with van der Waals surface area (Å²) in [7, 11) is 1.90. The second kappa shape index (κ2) is 4.80. The molecule has 8 heteroatoms. The van der Waals surface area contributed by atoms with Crippen LogP contribution in [0, 0.1) is 0 Å². The van der Waals surface area contributed by atoms with E-state index in [0.29, 0.717) is 6.04 Å². The highest BCUT2D eigenvalue weighted by atomic mass is 79.9. The summed E-state index contributed by atoms with van der Waals surface area (Å²) in [6.07, 6.45) is 8.46. The molecule has 0 bridgehead atoms. The van der Waals surface area contributed by atoms with Crippen molar-refractivity contribution in [2.45, 2.75) is 12.5 Å². The zero-order valence-electron chi connectivity index (χ0n) is 11.5. The first-order valence-electron chi connectivity index (χ1n) is 6.79. The predicted molar refractivity (Wildman–Crippen MR) is 82.1 cm³/mol. The normalized spacial score (nSPS) is 18.8. The van der Waals surface area contributed by atoms with Gasteiger partial charge in [0.15, 0.2) is 5.65 Å². The second-order valence-corrected chi connectivity index (χ2v) is 6.18. The van der Waals surface area contributed by atoms with Crippen LogP contribution in [-0.4, -0.2) is 42.6 Å². The maximum absolute atomic E-state index is 4.46. The summed E-state index contributed by atoms with van der Waals surface area (Å²) in [5.41, 5.74) is 0.743. The van der Waals surface area contributed by atoms with E-state index in [1.165, 1.54) is 0 Å². The first-order valence-corrected chi connectivity index (χ1v) is 7.59. The van der Waals surface area contributed by atoms with Gasteiger partial charge in [0.1, 0.15) is 12.1 Å². The molecule has 1 saturated heterocycles. The van der Waals surface area contributed by atoms with Crippen LogP contribution in [-0.2, 0) is 7.05 Å². The van der Waals surface area contributed by atoms with Crippen LogP contribution in [0.4, 0.5) is 5.82 Å². The SMILES string of the molecule is Cn1cc2c(N3CCC(n4cc(Br)cn4)C3)ncnc2n1. The first-order chi connectivity index (χ1) is 10.2. The Kier molecular flexibility index (Phi) is 2.91. The van der Waals surface area contributed by atoms with Crippen LogP contribution in [0.25, 0.3) is 11.0 Å². The van der Waals surface area contributed by atoms with Crippen molar-refractivity contribution < 1.29 is 0 Å². The Hall–Kier alpha value is -1.96. The number of aromatic nitrogens is 6. The average Bonchev–Trinajstić information content (AvgIpc) is 3.15. The van der Waals surface area contributed by atoms with E-state index in [1.807, 2.05) is 30.3 Å². The van der Waals surface area contributed by atoms with Gasteiger partial charge in [0.25, 0.3) is 0 Å². The van der Waals surface area contributed by atoms with E-state index in [2.05, 4.69) is 41.0 Å². The summed E-state index contributed by atoms with van der Waals surface area (Å²) in [4.78, 5) is 11.0. The Morgan fingerprint density at radius 3 is 3.00 bits per heavy atom.